The van der Waals surface area contributed by atoms with Crippen LogP contribution in [0.15, 0.2) is 53.4 Å². The van der Waals surface area contributed by atoms with Gasteiger partial charge in [-0.2, -0.15) is 0 Å². The highest BCUT2D eigenvalue weighted by Gasteiger charge is 2.14. The molecule has 2 aromatic carbocycles. The third-order valence-electron chi connectivity index (χ3n) is 2.46. The zero-order valence-corrected chi connectivity index (χ0v) is 12.2. The van der Waals surface area contributed by atoms with Crippen LogP contribution < -0.4 is 4.72 Å². The summed E-state index contributed by atoms with van der Waals surface area (Å²) in [6, 6.07) is 11.8. The van der Waals surface area contributed by atoms with Crippen LogP contribution in [0.3, 0.4) is 0 Å². The summed E-state index contributed by atoms with van der Waals surface area (Å²) in [5.41, 5.74) is 1.18. The van der Waals surface area contributed by atoms with Crippen molar-refractivity contribution in [2.75, 3.05) is 4.72 Å². The minimum Gasteiger partial charge on any atom is -0.280 e. The van der Waals surface area contributed by atoms with Crippen molar-refractivity contribution in [3.8, 4) is 0 Å². The number of hydrogen-bond acceptors (Lipinski definition) is 2. The van der Waals surface area contributed by atoms with Crippen molar-refractivity contribution in [2.24, 2.45) is 0 Å². The largest absolute Gasteiger partial charge is 0.280 e. The average Bonchev–Trinajstić information content (AvgIpc) is 2.38. The Morgan fingerprint density at radius 3 is 2.37 bits per heavy atom. The zero-order chi connectivity index (χ0) is 13.9. The van der Waals surface area contributed by atoms with Crippen LogP contribution in [-0.2, 0) is 15.4 Å². The molecule has 0 bridgehead atoms. The number of benzene rings is 2. The third-order valence-corrected chi connectivity index (χ3v) is 4.51. The Morgan fingerprint density at radius 2 is 1.79 bits per heavy atom. The highest BCUT2D eigenvalue weighted by atomic mass is 79.9. The summed E-state index contributed by atoms with van der Waals surface area (Å²) in [5.74, 6) is -0.491. The van der Waals surface area contributed by atoms with Gasteiger partial charge in [0.25, 0.3) is 10.0 Å². The summed E-state index contributed by atoms with van der Waals surface area (Å²) in [6.07, 6.45) is 0. The predicted molar refractivity (Wildman–Crippen MR) is 76.3 cm³/mol. The number of halogens is 2. The van der Waals surface area contributed by atoms with Gasteiger partial charge in [0.1, 0.15) is 5.82 Å². The van der Waals surface area contributed by atoms with Gasteiger partial charge in [-0.1, -0.05) is 34.1 Å². The average molecular weight is 344 g/mol. The molecule has 1 N–H and O–H groups in total. The van der Waals surface area contributed by atoms with Crippen molar-refractivity contribution in [3.63, 3.8) is 0 Å². The van der Waals surface area contributed by atoms with Gasteiger partial charge in [0.05, 0.1) is 10.6 Å². The molecule has 2 rings (SSSR count). The van der Waals surface area contributed by atoms with Gasteiger partial charge in [-0.3, -0.25) is 4.72 Å². The molecule has 0 heterocycles. The maximum atomic E-state index is 13.0. The number of anilines is 1. The summed E-state index contributed by atoms with van der Waals surface area (Å²) in [4.78, 5) is 0.140. The summed E-state index contributed by atoms with van der Waals surface area (Å²) in [6.45, 7) is 0. The second-order valence-electron chi connectivity index (χ2n) is 3.89. The van der Waals surface area contributed by atoms with Crippen LogP contribution in [0.25, 0.3) is 0 Å². The van der Waals surface area contributed by atoms with Crippen LogP contribution in [0, 0.1) is 5.82 Å². The van der Waals surface area contributed by atoms with E-state index in [0.29, 0.717) is 5.33 Å². The van der Waals surface area contributed by atoms with E-state index < -0.39 is 15.8 Å². The Bertz CT molecular complexity index is 671. The lowest BCUT2D eigenvalue weighted by Crippen LogP contribution is -2.12. The maximum absolute atomic E-state index is 13.0. The molecule has 100 valence electrons. The molecule has 0 radical (unpaired) electrons. The summed E-state index contributed by atoms with van der Waals surface area (Å²) < 4.78 is 39.5. The van der Waals surface area contributed by atoms with E-state index in [0.717, 1.165) is 11.6 Å². The van der Waals surface area contributed by atoms with Crippen molar-refractivity contribution in [1.29, 1.82) is 0 Å². The number of hydrogen-bond donors (Lipinski definition) is 1. The Morgan fingerprint density at radius 1 is 1.11 bits per heavy atom. The lowest BCUT2D eigenvalue weighted by Gasteiger charge is -2.08. The highest BCUT2D eigenvalue weighted by molar-refractivity contribution is 9.08. The van der Waals surface area contributed by atoms with Crippen LogP contribution >= 0.6 is 15.9 Å². The van der Waals surface area contributed by atoms with E-state index in [9.17, 15) is 12.8 Å². The van der Waals surface area contributed by atoms with E-state index in [1.807, 2.05) is 0 Å². The molecule has 0 aliphatic rings. The number of nitrogens with one attached hydrogen (secondary N) is 1. The SMILES string of the molecule is O=S(=O)(Nc1cccc(F)c1)c1ccc(CBr)cc1. The zero-order valence-electron chi connectivity index (χ0n) is 9.81. The van der Waals surface area contributed by atoms with Crippen molar-refractivity contribution < 1.29 is 12.8 Å². The lowest BCUT2D eigenvalue weighted by atomic mass is 10.2. The fourth-order valence-electron chi connectivity index (χ4n) is 1.52. The van der Waals surface area contributed by atoms with Gasteiger partial charge in [0.15, 0.2) is 0 Å². The van der Waals surface area contributed by atoms with Gasteiger partial charge in [0, 0.05) is 5.33 Å². The molecular weight excluding hydrogens is 333 g/mol. The first-order valence-electron chi connectivity index (χ1n) is 5.44. The van der Waals surface area contributed by atoms with E-state index in [1.165, 1.54) is 30.3 Å². The number of sulfonamides is 1. The van der Waals surface area contributed by atoms with Crippen molar-refractivity contribution >= 4 is 31.6 Å². The van der Waals surface area contributed by atoms with Crippen molar-refractivity contribution in [3.05, 3.63) is 59.9 Å². The van der Waals surface area contributed by atoms with Gasteiger partial charge < -0.3 is 0 Å². The molecule has 0 aliphatic carbocycles. The first-order valence-corrected chi connectivity index (χ1v) is 8.05. The molecule has 0 atom stereocenters. The second-order valence-corrected chi connectivity index (χ2v) is 6.14. The molecule has 0 saturated heterocycles. The van der Waals surface area contributed by atoms with E-state index in [4.69, 9.17) is 0 Å². The number of alkyl halides is 1. The Labute approximate surface area is 119 Å². The quantitative estimate of drug-likeness (QED) is 0.863. The highest BCUT2D eigenvalue weighted by Crippen LogP contribution is 2.18. The molecular formula is C13H11BrFNO2S. The molecule has 0 unspecified atom stereocenters. The van der Waals surface area contributed by atoms with E-state index >= 15 is 0 Å². The fraction of sp³-hybridized carbons (Fsp3) is 0.0769. The molecule has 3 nitrogen and oxygen atoms in total. The number of rotatable bonds is 4. The maximum Gasteiger partial charge on any atom is 0.261 e. The normalized spacial score (nSPS) is 11.3. The van der Waals surface area contributed by atoms with Crippen LogP contribution in [0.2, 0.25) is 0 Å². The molecule has 0 saturated carbocycles. The third kappa shape index (κ3) is 3.54. The summed E-state index contributed by atoms with van der Waals surface area (Å²) in [7, 11) is -3.69. The van der Waals surface area contributed by atoms with E-state index in [-0.39, 0.29) is 10.6 Å². The summed E-state index contributed by atoms with van der Waals surface area (Å²) >= 11 is 3.29. The van der Waals surface area contributed by atoms with E-state index in [2.05, 4.69) is 20.7 Å². The molecule has 2 aromatic rings. The summed E-state index contributed by atoms with van der Waals surface area (Å²) in [5, 5.41) is 0.657. The van der Waals surface area contributed by atoms with Gasteiger partial charge in [-0.15, -0.1) is 0 Å². The van der Waals surface area contributed by atoms with Crippen LogP contribution in [0.1, 0.15) is 5.56 Å². The fourth-order valence-corrected chi connectivity index (χ4v) is 2.95. The molecule has 6 heteroatoms. The Kier molecular flexibility index (Phi) is 4.21. The first kappa shape index (κ1) is 14.0. The molecule has 19 heavy (non-hydrogen) atoms. The predicted octanol–water partition coefficient (Wildman–Crippen LogP) is 3.52. The van der Waals surface area contributed by atoms with Gasteiger partial charge >= 0.3 is 0 Å². The van der Waals surface area contributed by atoms with Crippen molar-refractivity contribution in [1.82, 2.24) is 0 Å². The minimum absolute atomic E-state index is 0.140. The monoisotopic (exact) mass is 343 g/mol. The first-order chi connectivity index (χ1) is 9.01. The molecule has 0 amide bonds. The van der Waals surface area contributed by atoms with Gasteiger partial charge in [-0.25, -0.2) is 12.8 Å². The molecule has 0 fully saturated rings. The topological polar surface area (TPSA) is 46.2 Å². The van der Waals surface area contributed by atoms with Crippen LogP contribution in [0.4, 0.5) is 10.1 Å². The van der Waals surface area contributed by atoms with Crippen LogP contribution in [-0.4, -0.2) is 8.42 Å². The Balaban J connectivity index is 2.27. The second kappa shape index (κ2) is 5.71. The molecule has 0 spiro atoms. The van der Waals surface area contributed by atoms with Gasteiger partial charge in [-0.05, 0) is 35.9 Å². The standard InChI is InChI=1S/C13H11BrFNO2S/c14-9-10-4-6-13(7-5-10)19(17,18)16-12-3-1-2-11(15)8-12/h1-8,16H,9H2. The van der Waals surface area contributed by atoms with Gasteiger partial charge in [0.2, 0.25) is 0 Å². The molecule has 0 aromatic heterocycles. The minimum atomic E-state index is -3.69. The molecule has 0 aliphatic heterocycles. The smallest absolute Gasteiger partial charge is 0.261 e. The lowest BCUT2D eigenvalue weighted by molar-refractivity contribution is 0.601. The Hall–Kier alpha value is -1.40. The van der Waals surface area contributed by atoms with E-state index in [1.54, 1.807) is 12.1 Å². The van der Waals surface area contributed by atoms with Crippen LogP contribution in [0.5, 0.6) is 0 Å². The van der Waals surface area contributed by atoms with Crippen molar-refractivity contribution in [2.45, 2.75) is 10.2 Å².